The monoisotopic (exact) mass is 511 g/mol. The van der Waals surface area contributed by atoms with Gasteiger partial charge in [-0.1, -0.05) is 41.4 Å². The number of imide groups is 1. The van der Waals surface area contributed by atoms with E-state index in [0.717, 1.165) is 16.5 Å². The molecule has 3 aromatic carbocycles. The minimum absolute atomic E-state index is 0.0514. The Hall–Kier alpha value is -3.75. The van der Waals surface area contributed by atoms with Crippen LogP contribution in [-0.2, 0) is 16.0 Å². The number of hydrogen-bond acceptors (Lipinski definition) is 5. The summed E-state index contributed by atoms with van der Waals surface area (Å²) < 4.78 is 0. The maximum absolute atomic E-state index is 13.5. The number of nitrogens with zero attached hydrogens (tertiary/aromatic N) is 3. The Labute approximate surface area is 210 Å². The molecule has 35 heavy (non-hydrogen) atoms. The van der Waals surface area contributed by atoms with E-state index in [9.17, 15) is 24.5 Å². The number of benzene rings is 3. The van der Waals surface area contributed by atoms with Crippen molar-refractivity contribution in [2.75, 3.05) is 11.4 Å². The van der Waals surface area contributed by atoms with Crippen LogP contribution < -0.4 is 4.90 Å². The van der Waals surface area contributed by atoms with Crippen LogP contribution in [0, 0.1) is 10.1 Å². The summed E-state index contributed by atoms with van der Waals surface area (Å²) >= 11 is 12.0. The minimum atomic E-state index is -1.07. The second kappa shape index (κ2) is 10.2. The second-order valence-electron chi connectivity index (χ2n) is 7.95. The van der Waals surface area contributed by atoms with Crippen molar-refractivity contribution in [1.29, 1.82) is 0 Å². The van der Waals surface area contributed by atoms with Crippen molar-refractivity contribution in [2.45, 2.75) is 18.9 Å². The molecule has 4 rings (SSSR count). The number of nitro benzene ring substituents is 1. The molecule has 1 fully saturated rings. The first-order chi connectivity index (χ1) is 16.7. The number of carbonyl (C=O) groups excluding carboxylic acids is 3. The molecule has 1 unspecified atom stereocenters. The number of halogens is 2. The van der Waals surface area contributed by atoms with Gasteiger partial charge in [-0.2, -0.15) is 0 Å². The Bertz CT molecular complexity index is 1310. The molecule has 1 heterocycles. The molecule has 8 nitrogen and oxygen atoms in total. The zero-order valence-corrected chi connectivity index (χ0v) is 19.8. The van der Waals surface area contributed by atoms with E-state index < -0.39 is 28.7 Å². The van der Waals surface area contributed by atoms with Gasteiger partial charge in [-0.3, -0.25) is 24.5 Å². The number of rotatable bonds is 7. The van der Waals surface area contributed by atoms with Gasteiger partial charge < -0.3 is 4.90 Å². The van der Waals surface area contributed by atoms with Crippen LogP contribution in [0.25, 0.3) is 0 Å². The van der Waals surface area contributed by atoms with Crippen LogP contribution in [0.2, 0.25) is 10.0 Å². The highest BCUT2D eigenvalue weighted by molar-refractivity contribution is 6.31. The van der Waals surface area contributed by atoms with E-state index in [4.69, 9.17) is 23.2 Å². The lowest BCUT2D eigenvalue weighted by molar-refractivity contribution is -0.384. The van der Waals surface area contributed by atoms with Crippen LogP contribution in [-0.4, -0.2) is 40.1 Å². The molecule has 0 N–H and O–H groups in total. The third-order valence-corrected chi connectivity index (χ3v) is 6.17. The molecule has 0 aromatic heterocycles. The smallest absolute Gasteiger partial charge is 0.270 e. The molecule has 0 aliphatic carbocycles. The van der Waals surface area contributed by atoms with Crippen molar-refractivity contribution in [3.63, 3.8) is 0 Å². The fourth-order valence-electron chi connectivity index (χ4n) is 3.98. The van der Waals surface area contributed by atoms with Crippen LogP contribution in [0.15, 0.2) is 72.8 Å². The lowest BCUT2D eigenvalue weighted by atomic mass is 10.1. The summed E-state index contributed by atoms with van der Waals surface area (Å²) in [5.41, 5.74) is 0.989. The van der Waals surface area contributed by atoms with E-state index in [1.165, 1.54) is 23.1 Å². The predicted molar refractivity (Wildman–Crippen MR) is 132 cm³/mol. The van der Waals surface area contributed by atoms with Gasteiger partial charge in [0.2, 0.25) is 5.91 Å². The summed E-state index contributed by atoms with van der Waals surface area (Å²) in [6, 6.07) is 17.5. The molecule has 1 atom stereocenters. The number of hydrogen-bond donors (Lipinski definition) is 0. The Morgan fingerprint density at radius 3 is 2.40 bits per heavy atom. The molecule has 1 aliphatic heterocycles. The molecule has 1 saturated heterocycles. The standard InChI is InChI=1S/C25H19Cl2N3O5/c26-18-7-9-20(10-8-18)29-23(31)15-22(25(29)33)28(12-11-16-3-1-5-19(27)13-16)24(32)17-4-2-6-21(14-17)30(34)35/h1-10,13-14,22H,11-12,15H2. The molecule has 0 bridgehead atoms. The molecular formula is C25H19Cl2N3O5. The van der Waals surface area contributed by atoms with E-state index in [0.29, 0.717) is 22.2 Å². The molecule has 178 valence electrons. The number of amides is 3. The lowest BCUT2D eigenvalue weighted by Crippen LogP contribution is -2.46. The minimum Gasteiger partial charge on any atom is -0.326 e. The van der Waals surface area contributed by atoms with Crippen molar-refractivity contribution in [1.82, 2.24) is 4.90 Å². The highest BCUT2D eigenvalue weighted by atomic mass is 35.5. The van der Waals surface area contributed by atoms with Gasteiger partial charge in [-0.15, -0.1) is 0 Å². The van der Waals surface area contributed by atoms with Gasteiger partial charge in [0.1, 0.15) is 6.04 Å². The van der Waals surface area contributed by atoms with E-state index in [1.807, 2.05) is 6.07 Å². The van der Waals surface area contributed by atoms with E-state index >= 15 is 0 Å². The van der Waals surface area contributed by atoms with E-state index in [-0.39, 0.29) is 24.2 Å². The SMILES string of the molecule is O=C1CC(N(CCc2cccc(Cl)c2)C(=O)c2cccc([N+](=O)[O-])c2)C(=O)N1c1ccc(Cl)cc1. The Balaban J connectivity index is 1.66. The van der Waals surface area contributed by atoms with Gasteiger partial charge in [-0.25, -0.2) is 4.90 Å². The molecule has 3 amide bonds. The topological polar surface area (TPSA) is 101 Å². The molecule has 10 heteroatoms. The normalized spacial score (nSPS) is 15.4. The maximum atomic E-state index is 13.5. The summed E-state index contributed by atoms with van der Waals surface area (Å²) in [5, 5.41) is 12.2. The Morgan fingerprint density at radius 2 is 1.71 bits per heavy atom. The first-order valence-electron chi connectivity index (χ1n) is 10.7. The van der Waals surface area contributed by atoms with Gasteiger partial charge >= 0.3 is 0 Å². The molecule has 0 spiro atoms. The van der Waals surface area contributed by atoms with Crippen molar-refractivity contribution in [3.05, 3.63) is 104 Å². The van der Waals surface area contributed by atoms with E-state index in [2.05, 4.69) is 0 Å². The largest absolute Gasteiger partial charge is 0.326 e. The molecule has 0 saturated carbocycles. The predicted octanol–water partition coefficient (Wildman–Crippen LogP) is 4.92. The zero-order chi connectivity index (χ0) is 25.1. The summed E-state index contributed by atoms with van der Waals surface area (Å²) in [4.78, 5) is 52.7. The number of anilines is 1. The third-order valence-electron chi connectivity index (χ3n) is 5.68. The van der Waals surface area contributed by atoms with Crippen LogP contribution in [0.4, 0.5) is 11.4 Å². The summed E-state index contributed by atoms with van der Waals surface area (Å²) in [6.45, 7) is 0.0972. The van der Waals surface area contributed by atoms with Gasteiger partial charge in [0.05, 0.1) is 17.0 Å². The molecule has 3 aromatic rings. The average Bonchev–Trinajstić information content (AvgIpc) is 3.13. The van der Waals surface area contributed by atoms with Gasteiger partial charge in [0.15, 0.2) is 0 Å². The highest BCUT2D eigenvalue weighted by Crippen LogP contribution is 2.28. The first kappa shape index (κ1) is 24.4. The van der Waals surface area contributed by atoms with Crippen LogP contribution in [0.3, 0.4) is 0 Å². The number of carbonyl (C=O) groups is 3. The fourth-order valence-corrected chi connectivity index (χ4v) is 4.32. The maximum Gasteiger partial charge on any atom is 0.270 e. The second-order valence-corrected chi connectivity index (χ2v) is 8.82. The molecule has 0 radical (unpaired) electrons. The molecular weight excluding hydrogens is 493 g/mol. The van der Waals surface area contributed by atoms with Crippen molar-refractivity contribution < 1.29 is 19.3 Å². The van der Waals surface area contributed by atoms with Crippen molar-refractivity contribution >= 4 is 52.3 Å². The van der Waals surface area contributed by atoms with Crippen LogP contribution in [0.1, 0.15) is 22.3 Å². The summed E-state index contributed by atoms with van der Waals surface area (Å²) in [6.07, 6.45) is 0.151. The van der Waals surface area contributed by atoms with Gasteiger partial charge in [0.25, 0.3) is 17.5 Å². The lowest BCUT2D eigenvalue weighted by Gasteiger charge is -2.28. The third kappa shape index (κ3) is 5.34. The Kier molecular flexibility index (Phi) is 7.14. The number of nitro groups is 1. The van der Waals surface area contributed by atoms with Crippen molar-refractivity contribution in [2.24, 2.45) is 0 Å². The molecule has 1 aliphatic rings. The Morgan fingerprint density at radius 1 is 1.00 bits per heavy atom. The van der Waals surface area contributed by atoms with Crippen molar-refractivity contribution in [3.8, 4) is 0 Å². The quantitative estimate of drug-likeness (QED) is 0.254. The van der Waals surface area contributed by atoms with Crippen LogP contribution >= 0.6 is 23.2 Å². The van der Waals surface area contributed by atoms with Gasteiger partial charge in [0, 0.05) is 34.3 Å². The average molecular weight is 512 g/mol. The van der Waals surface area contributed by atoms with Crippen LogP contribution in [0.5, 0.6) is 0 Å². The van der Waals surface area contributed by atoms with E-state index in [1.54, 1.807) is 42.5 Å². The zero-order valence-electron chi connectivity index (χ0n) is 18.3. The number of non-ortho nitro benzene ring substituents is 1. The summed E-state index contributed by atoms with van der Waals surface area (Å²) in [7, 11) is 0. The fraction of sp³-hybridized carbons (Fsp3) is 0.160. The first-order valence-corrected chi connectivity index (χ1v) is 11.4. The van der Waals surface area contributed by atoms with Gasteiger partial charge in [-0.05, 0) is 54.4 Å². The summed E-state index contributed by atoms with van der Waals surface area (Å²) in [5.74, 6) is -1.59. The highest BCUT2D eigenvalue weighted by Gasteiger charge is 2.44.